The zero-order valence-electron chi connectivity index (χ0n) is 12.3. The Kier molecular flexibility index (Phi) is 5.22. The van der Waals surface area contributed by atoms with E-state index in [2.05, 4.69) is 11.8 Å². The van der Waals surface area contributed by atoms with E-state index in [0.717, 1.165) is 32.3 Å². The summed E-state index contributed by atoms with van der Waals surface area (Å²) >= 11 is 0. The average molecular weight is 268 g/mol. The van der Waals surface area contributed by atoms with Gasteiger partial charge in [0.1, 0.15) is 0 Å². The van der Waals surface area contributed by atoms with Crippen LogP contribution in [0, 0.1) is 5.92 Å². The van der Waals surface area contributed by atoms with Gasteiger partial charge in [-0.3, -0.25) is 4.79 Å². The van der Waals surface area contributed by atoms with E-state index in [1.54, 1.807) is 0 Å². The van der Waals surface area contributed by atoms with Gasteiger partial charge in [0.2, 0.25) is 5.91 Å². The molecule has 0 aromatic carbocycles. The van der Waals surface area contributed by atoms with Crippen LogP contribution in [0.2, 0.25) is 0 Å². The zero-order chi connectivity index (χ0) is 13.8. The Morgan fingerprint density at radius 3 is 2.74 bits per heavy atom. The molecule has 2 N–H and O–H groups in total. The Bertz CT molecular complexity index is 303. The lowest BCUT2D eigenvalue weighted by atomic mass is 9.79. The second-order valence-corrected chi connectivity index (χ2v) is 6.09. The van der Waals surface area contributed by atoms with E-state index in [1.807, 2.05) is 6.92 Å². The maximum atomic E-state index is 12.5. The van der Waals surface area contributed by atoms with Crippen LogP contribution in [0.5, 0.6) is 0 Å². The Labute approximate surface area is 116 Å². The Balaban J connectivity index is 1.81. The van der Waals surface area contributed by atoms with Crippen molar-refractivity contribution in [1.29, 1.82) is 0 Å². The second kappa shape index (κ2) is 6.71. The maximum absolute atomic E-state index is 12.5. The van der Waals surface area contributed by atoms with E-state index in [4.69, 9.17) is 10.5 Å². The molecule has 2 rings (SSSR count). The minimum absolute atomic E-state index is 0.263. The van der Waals surface area contributed by atoms with Crippen molar-refractivity contribution in [2.45, 2.75) is 70.6 Å². The number of hydrogen-bond acceptors (Lipinski definition) is 3. The molecule has 1 saturated heterocycles. The molecule has 1 heterocycles. The number of carbonyl (C=O) groups is 1. The van der Waals surface area contributed by atoms with E-state index in [-0.39, 0.29) is 6.04 Å². The summed E-state index contributed by atoms with van der Waals surface area (Å²) in [4.78, 5) is 14.5. The molecule has 2 fully saturated rings. The van der Waals surface area contributed by atoms with Crippen LogP contribution in [0.4, 0.5) is 0 Å². The highest BCUT2D eigenvalue weighted by Crippen LogP contribution is 2.34. The van der Waals surface area contributed by atoms with Gasteiger partial charge in [0.25, 0.3) is 0 Å². The summed E-state index contributed by atoms with van der Waals surface area (Å²) in [6, 6.07) is 0.622. The van der Waals surface area contributed by atoms with Gasteiger partial charge in [-0.2, -0.15) is 0 Å². The average Bonchev–Trinajstić information content (AvgIpc) is 2.35. The number of nitrogens with zero attached hydrogens (tertiary/aromatic N) is 1. The van der Waals surface area contributed by atoms with E-state index in [0.29, 0.717) is 36.9 Å². The third-order valence-corrected chi connectivity index (χ3v) is 4.65. The molecule has 2 atom stereocenters. The summed E-state index contributed by atoms with van der Waals surface area (Å²) < 4.78 is 5.55. The number of carbonyl (C=O) groups excluding carboxylic acids is 1. The largest absolute Gasteiger partial charge is 0.378 e. The third kappa shape index (κ3) is 3.48. The molecule has 0 aromatic rings. The monoisotopic (exact) mass is 268 g/mol. The molecule has 4 heteroatoms. The molecule has 1 aliphatic carbocycles. The summed E-state index contributed by atoms with van der Waals surface area (Å²) in [6.07, 6.45) is 6.57. The van der Waals surface area contributed by atoms with Gasteiger partial charge >= 0.3 is 0 Å². The zero-order valence-corrected chi connectivity index (χ0v) is 12.3. The van der Waals surface area contributed by atoms with Crippen LogP contribution in [-0.4, -0.2) is 42.1 Å². The molecule has 1 aliphatic heterocycles. The van der Waals surface area contributed by atoms with Crippen molar-refractivity contribution in [3.05, 3.63) is 0 Å². The van der Waals surface area contributed by atoms with Crippen molar-refractivity contribution in [2.75, 3.05) is 13.2 Å². The molecule has 2 unspecified atom stereocenters. The summed E-state index contributed by atoms with van der Waals surface area (Å²) in [5, 5.41) is 0. The van der Waals surface area contributed by atoms with Crippen LogP contribution < -0.4 is 5.73 Å². The van der Waals surface area contributed by atoms with Gasteiger partial charge in [0, 0.05) is 31.7 Å². The van der Waals surface area contributed by atoms with E-state index in [1.165, 1.54) is 6.42 Å². The number of ether oxygens (including phenoxy) is 1. The number of amides is 1. The molecule has 0 spiro atoms. The van der Waals surface area contributed by atoms with Gasteiger partial charge in [0.05, 0.1) is 6.10 Å². The predicted octanol–water partition coefficient (Wildman–Crippen LogP) is 1.92. The fraction of sp³-hybridized carbons (Fsp3) is 0.933. The number of likely N-dealkylation sites (tertiary alicyclic amines) is 1. The van der Waals surface area contributed by atoms with Crippen LogP contribution >= 0.6 is 0 Å². The molecule has 0 aromatic heterocycles. The van der Waals surface area contributed by atoms with Crippen molar-refractivity contribution in [3.8, 4) is 0 Å². The summed E-state index contributed by atoms with van der Waals surface area (Å²) in [7, 11) is 0. The fourth-order valence-electron chi connectivity index (χ4n) is 3.53. The Morgan fingerprint density at radius 1 is 1.37 bits per heavy atom. The molecule has 1 saturated carbocycles. The first-order valence-corrected chi connectivity index (χ1v) is 7.78. The number of hydrogen-bond donors (Lipinski definition) is 1. The number of rotatable bonds is 5. The number of piperidine rings is 1. The second-order valence-electron chi connectivity index (χ2n) is 6.09. The van der Waals surface area contributed by atoms with Crippen LogP contribution in [-0.2, 0) is 9.53 Å². The summed E-state index contributed by atoms with van der Waals surface area (Å²) in [5.74, 6) is 0.833. The third-order valence-electron chi connectivity index (χ3n) is 4.65. The molecule has 1 amide bonds. The minimum atomic E-state index is 0.263. The molecular formula is C15H28N2O2. The van der Waals surface area contributed by atoms with Crippen molar-refractivity contribution in [1.82, 2.24) is 4.90 Å². The van der Waals surface area contributed by atoms with Crippen LogP contribution in [0.1, 0.15) is 52.4 Å². The molecule has 0 radical (unpaired) electrons. The predicted molar refractivity (Wildman–Crippen MR) is 75.8 cm³/mol. The first kappa shape index (κ1) is 14.8. The van der Waals surface area contributed by atoms with E-state index in [9.17, 15) is 4.79 Å². The van der Waals surface area contributed by atoms with Gasteiger partial charge in [-0.25, -0.2) is 0 Å². The van der Waals surface area contributed by atoms with E-state index >= 15 is 0 Å². The smallest absolute Gasteiger partial charge is 0.223 e. The summed E-state index contributed by atoms with van der Waals surface area (Å²) in [5.41, 5.74) is 5.82. The first-order valence-electron chi connectivity index (χ1n) is 7.78. The van der Waals surface area contributed by atoms with Gasteiger partial charge in [0.15, 0.2) is 0 Å². The topological polar surface area (TPSA) is 55.6 Å². The highest BCUT2D eigenvalue weighted by atomic mass is 16.5. The van der Waals surface area contributed by atoms with Crippen molar-refractivity contribution >= 4 is 5.91 Å². The SMILES string of the molecule is CCOC1CC(CC(=O)N2C(C)CCCC2CN)C1. The lowest BCUT2D eigenvalue weighted by Crippen LogP contribution is -2.52. The van der Waals surface area contributed by atoms with E-state index < -0.39 is 0 Å². The van der Waals surface area contributed by atoms with Crippen molar-refractivity contribution in [2.24, 2.45) is 11.7 Å². The van der Waals surface area contributed by atoms with Gasteiger partial charge < -0.3 is 15.4 Å². The highest BCUT2D eigenvalue weighted by molar-refractivity contribution is 5.77. The Morgan fingerprint density at radius 2 is 2.11 bits per heavy atom. The number of nitrogens with two attached hydrogens (primary N) is 1. The molecule has 2 aliphatic rings. The van der Waals surface area contributed by atoms with Gasteiger partial charge in [-0.15, -0.1) is 0 Å². The molecular weight excluding hydrogens is 240 g/mol. The van der Waals surface area contributed by atoms with Crippen molar-refractivity contribution < 1.29 is 9.53 Å². The molecule has 0 bridgehead atoms. The van der Waals surface area contributed by atoms with Gasteiger partial charge in [-0.1, -0.05) is 0 Å². The van der Waals surface area contributed by atoms with Gasteiger partial charge in [-0.05, 0) is 51.9 Å². The summed E-state index contributed by atoms with van der Waals surface area (Å²) in [6.45, 7) is 5.56. The van der Waals surface area contributed by atoms with Crippen LogP contribution in [0.15, 0.2) is 0 Å². The van der Waals surface area contributed by atoms with Crippen LogP contribution in [0.25, 0.3) is 0 Å². The maximum Gasteiger partial charge on any atom is 0.223 e. The standard InChI is InChI=1S/C15H28N2O2/c1-3-19-14-7-12(8-14)9-15(18)17-11(2)5-4-6-13(17)10-16/h11-14H,3-10,16H2,1-2H3. The van der Waals surface area contributed by atoms with Crippen molar-refractivity contribution in [3.63, 3.8) is 0 Å². The lowest BCUT2D eigenvalue weighted by molar-refractivity contribution is -0.140. The molecule has 19 heavy (non-hydrogen) atoms. The molecule has 110 valence electrons. The Hall–Kier alpha value is -0.610. The minimum Gasteiger partial charge on any atom is -0.378 e. The lowest BCUT2D eigenvalue weighted by Gasteiger charge is -2.42. The quantitative estimate of drug-likeness (QED) is 0.829. The normalized spacial score (nSPS) is 35.0. The van der Waals surface area contributed by atoms with Crippen LogP contribution in [0.3, 0.4) is 0 Å². The molecule has 4 nitrogen and oxygen atoms in total. The highest BCUT2D eigenvalue weighted by Gasteiger charge is 2.36. The fourth-order valence-corrected chi connectivity index (χ4v) is 3.53. The first-order chi connectivity index (χ1) is 9.15.